The Morgan fingerprint density at radius 1 is 1.29 bits per heavy atom. The number of pyridine rings is 1. The van der Waals surface area contributed by atoms with E-state index < -0.39 is 5.41 Å². The topological polar surface area (TPSA) is 80.8 Å². The molecule has 0 aliphatic carbocycles. The molecule has 0 spiro atoms. The van der Waals surface area contributed by atoms with E-state index in [2.05, 4.69) is 11.1 Å². The van der Waals surface area contributed by atoms with E-state index in [9.17, 15) is 4.79 Å². The molecule has 1 aliphatic heterocycles. The molecule has 1 amide bonds. The fraction of sp³-hybridized carbons (Fsp3) is 0.263. The average molecular weight is 318 g/mol. The van der Waals surface area contributed by atoms with Gasteiger partial charge in [-0.25, -0.2) is 0 Å². The summed E-state index contributed by atoms with van der Waals surface area (Å²) >= 11 is 0. The van der Waals surface area contributed by atoms with Gasteiger partial charge in [0.15, 0.2) is 0 Å². The van der Waals surface area contributed by atoms with E-state index >= 15 is 0 Å². The van der Waals surface area contributed by atoms with Crippen LogP contribution in [0.4, 0.5) is 0 Å². The van der Waals surface area contributed by atoms with Crippen molar-refractivity contribution in [3.63, 3.8) is 0 Å². The molecule has 1 N–H and O–H groups in total. The molecule has 5 heteroatoms. The van der Waals surface area contributed by atoms with Gasteiger partial charge in [-0.3, -0.25) is 15.2 Å². The first kappa shape index (κ1) is 15.9. The Labute approximate surface area is 141 Å². The Kier molecular flexibility index (Phi) is 3.90. The Morgan fingerprint density at radius 2 is 2.08 bits per heavy atom. The van der Waals surface area contributed by atoms with Crippen LogP contribution in [0.15, 0.2) is 42.6 Å². The van der Waals surface area contributed by atoms with Crippen molar-refractivity contribution >= 4 is 11.7 Å². The molecule has 1 aromatic heterocycles. The lowest BCUT2D eigenvalue weighted by molar-refractivity contribution is -0.128. The highest BCUT2D eigenvalue weighted by Gasteiger charge is 2.38. The van der Waals surface area contributed by atoms with Gasteiger partial charge in [0.25, 0.3) is 0 Å². The summed E-state index contributed by atoms with van der Waals surface area (Å²) in [6.07, 6.45) is 2.60. The molecule has 3 rings (SSSR count). The van der Waals surface area contributed by atoms with Crippen LogP contribution in [-0.2, 0) is 10.2 Å². The predicted molar refractivity (Wildman–Crippen MR) is 91.5 cm³/mol. The number of aromatic nitrogens is 1. The van der Waals surface area contributed by atoms with E-state index in [-0.39, 0.29) is 5.91 Å². The minimum absolute atomic E-state index is 0.0430. The first-order valence-electron chi connectivity index (χ1n) is 7.74. The molecular weight excluding hydrogens is 300 g/mol. The highest BCUT2D eigenvalue weighted by atomic mass is 16.2. The lowest BCUT2D eigenvalue weighted by Gasteiger charge is -2.38. The molecule has 0 radical (unpaired) electrons. The van der Waals surface area contributed by atoms with Gasteiger partial charge in [-0.2, -0.15) is 5.26 Å². The summed E-state index contributed by atoms with van der Waals surface area (Å²) in [6, 6.07) is 13.3. The summed E-state index contributed by atoms with van der Waals surface area (Å²) in [5.41, 5.74) is 2.80. The minimum atomic E-state index is -0.412. The van der Waals surface area contributed by atoms with Crippen molar-refractivity contribution in [1.82, 2.24) is 9.88 Å². The van der Waals surface area contributed by atoms with Gasteiger partial charge in [0.1, 0.15) is 5.84 Å². The third-order valence-electron chi connectivity index (χ3n) is 4.62. The third-order valence-corrected chi connectivity index (χ3v) is 4.62. The SMILES string of the molecule is CN1C(=N)C[C@](C)(c2ccnc(-c3cccc(C#N)c3)c2)CC1=O. The van der Waals surface area contributed by atoms with Gasteiger partial charge in [-0.05, 0) is 29.8 Å². The van der Waals surface area contributed by atoms with Crippen molar-refractivity contribution in [1.29, 1.82) is 10.7 Å². The molecule has 1 saturated heterocycles. The number of hydrogen-bond donors (Lipinski definition) is 1. The van der Waals surface area contributed by atoms with Crippen molar-refractivity contribution < 1.29 is 4.79 Å². The van der Waals surface area contributed by atoms with Crippen LogP contribution in [0, 0.1) is 16.7 Å². The zero-order valence-electron chi connectivity index (χ0n) is 13.7. The molecule has 1 fully saturated rings. The maximum atomic E-state index is 12.2. The Bertz CT molecular complexity index is 848. The molecule has 5 nitrogen and oxygen atoms in total. The molecule has 24 heavy (non-hydrogen) atoms. The number of carbonyl (C=O) groups is 1. The molecule has 1 aromatic carbocycles. The summed E-state index contributed by atoms with van der Waals surface area (Å²) < 4.78 is 0. The van der Waals surface area contributed by atoms with Crippen LogP contribution in [-0.4, -0.2) is 28.7 Å². The van der Waals surface area contributed by atoms with E-state index in [1.54, 1.807) is 25.4 Å². The second-order valence-corrected chi connectivity index (χ2v) is 6.44. The number of nitrogens with one attached hydrogen (secondary N) is 1. The standard InChI is InChI=1S/C19H18N4O/c1-19(10-17(21)23(2)18(24)11-19)15-6-7-22-16(9-15)14-5-3-4-13(8-14)12-20/h3-9,21H,10-11H2,1-2H3/t19-/m0/s1. The van der Waals surface area contributed by atoms with Gasteiger partial charge >= 0.3 is 0 Å². The van der Waals surface area contributed by atoms with Crippen LogP contribution >= 0.6 is 0 Å². The first-order valence-corrected chi connectivity index (χ1v) is 7.74. The van der Waals surface area contributed by atoms with Crippen molar-refractivity contribution in [2.24, 2.45) is 0 Å². The zero-order chi connectivity index (χ0) is 17.3. The van der Waals surface area contributed by atoms with E-state index in [0.29, 0.717) is 24.2 Å². The molecule has 0 bridgehead atoms. The zero-order valence-corrected chi connectivity index (χ0v) is 13.7. The fourth-order valence-corrected chi connectivity index (χ4v) is 3.07. The minimum Gasteiger partial charge on any atom is -0.304 e. The Balaban J connectivity index is 2.00. The van der Waals surface area contributed by atoms with Crippen LogP contribution in [0.2, 0.25) is 0 Å². The maximum absolute atomic E-state index is 12.2. The van der Waals surface area contributed by atoms with Gasteiger partial charge in [-0.1, -0.05) is 19.1 Å². The van der Waals surface area contributed by atoms with Gasteiger partial charge in [0, 0.05) is 37.1 Å². The van der Waals surface area contributed by atoms with Crippen molar-refractivity contribution in [3.05, 3.63) is 53.7 Å². The number of hydrogen-bond acceptors (Lipinski definition) is 4. The second-order valence-electron chi connectivity index (χ2n) is 6.44. The number of amides is 1. The normalized spacial score (nSPS) is 20.8. The number of piperidine rings is 1. The van der Waals surface area contributed by atoms with Crippen molar-refractivity contribution in [3.8, 4) is 17.3 Å². The van der Waals surface area contributed by atoms with Gasteiger partial charge in [-0.15, -0.1) is 0 Å². The van der Waals surface area contributed by atoms with Gasteiger partial charge < -0.3 is 4.90 Å². The van der Waals surface area contributed by atoms with Gasteiger partial charge in [0.2, 0.25) is 5.91 Å². The van der Waals surface area contributed by atoms with E-state index in [1.807, 2.05) is 31.2 Å². The predicted octanol–water partition coefficient (Wildman–Crippen LogP) is 3.11. The fourth-order valence-electron chi connectivity index (χ4n) is 3.07. The summed E-state index contributed by atoms with van der Waals surface area (Å²) in [4.78, 5) is 18.0. The second kappa shape index (κ2) is 5.89. The number of likely N-dealkylation sites (tertiary alicyclic amines) is 1. The highest BCUT2D eigenvalue weighted by Crippen LogP contribution is 2.37. The summed E-state index contributed by atoms with van der Waals surface area (Å²) in [6.45, 7) is 2.01. The number of benzene rings is 1. The molecule has 1 aliphatic rings. The van der Waals surface area contributed by atoms with Crippen LogP contribution in [0.5, 0.6) is 0 Å². The van der Waals surface area contributed by atoms with Gasteiger partial charge in [0.05, 0.1) is 17.3 Å². The molecule has 1 atom stereocenters. The Hall–Kier alpha value is -3.00. The number of rotatable bonds is 2. The van der Waals surface area contributed by atoms with Crippen LogP contribution < -0.4 is 0 Å². The smallest absolute Gasteiger partial charge is 0.228 e. The van der Waals surface area contributed by atoms with Crippen LogP contribution in [0.25, 0.3) is 11.3 Å². The summed E-state index contributed by atoms with van der Waals surface area (Å²) in [5.74, 6) is 0.289. The third kappa shape index (κ3) is 2.79. The number of nitrogens with zero attached hydrogens (tertiary/aromatic N) is 3. The number of amidine groups is 1. The lowest BCUT2D eigenvalue weighted by Crippen LogP contribution is -2.46. The monoisotopic (exact) mass is 318 g/mol. The molecular formula is C19H18N4O. The van der Waals surface area contributed by atoms with E-state index in [4.69, 9.17) is 10.7 Å². The summed E-state index contributed by atoms with van der Waals surface area (Å²) in [7, 11) is 1.65. The quantitative estimate of drug-likeness (QED) is 0.923. The maximum Gasteiger partial charge on any atom is 0.228 e. The van der Waals surface area contributed by atoms with Crippen LogP contribution in [0.3, 0.4) is 0 Å². The molecule has 0 saturated carbocycles. The Morgan fingerprint density at radius 3 is 2.79 bits per heavy atom. The number of carbonyl (C=O) groups excluding carboxylic acids is 1. The van der Waals surface area contributed by atoms with E-state index in [1.165, 1.54) is 4.90 Å². The average Bonchev–Trinajstić information content (AvgIpc) is 2.60. The lowest BCUT2D eigenvalue weighted by atomic mass is 9.74. The molecule has 0 unspecified atom stereocenters. The highest BCUT2D eigenvalue weighted by molar-refractivity contribution is 6.00. The molecule has 120 valence electrons. The molecule has 2 aromatic rings. The van der Waals surface area contributed by atoms with Crippen molar-refractivity contribution in [2.75, 3.05) is 7.05 Å². The van der Waals surface area contributed by atoms with Crippen molar-refractivity contribution in [2.45, 2.75) is 25.2 Å². The number of nitriles is 1. The van der Waals surface area contributed by atoms with Crippen LogP contribution in [0.1, 0.15) is 30.9 Å². The molecule has 2 heterocycles. The summed E-state index contributed by atoms with van der Waals surface area (Å²) in [5, 5.41) is 17.1. The van der Waals surface area contributed by atoms with E-state index in [0.717, 1.165) is 16.8 Å². The first-order chi connectivity index (χ1) is 11.4. The largest absolute Gasteiger partial charge is 0.304 e.